The number of unbranched alkanes of at least 4 members (excludes halogenated alkanes) is 10. The predicted molar refractivity (Wildman–Crippen MR) is 106 cm³/mol. The van der Waals surface area contributed by atoms with Gasteiger partial charge in [-0.2, -0.15) is 0 Å². The van der Waals surface area contributed by atoms with Crippen LogP contribution in [0.3, 0.4) is 0 Å². The number of aromatic hydroxyl groups is 1. The van der Waals surface area contributed by atoms with Crippen molar-refractivity contribution in [2.45, 2.75) is 90.9 Å². The van der Waals surface area contributed by atoms with Crippen LogP contribution in [0.15, 0.2) is 18.2 Å². The van der Waals surface area contributed by atoms with Gasteiger partial charge in [0.15, 0.2) is 11.5 Å². The van der Waals surface area contributed by atoms with E-state index in [1.54, 1.807) is 6.07 Å². The first-order valence-electron chi connectivity index (χ1n) is 10.4. The number of hydrogen-bond donors (Lipinski definition) is 1. The number of benzene rings is 1. The van der Waals surface area contributed by atoms with Crippen LogP contribution >= 0.6 is 0 Å². The maximum Gasteiger partial charge on any atom is 0.203 e. The molecule has 0 bridgehead atoms. The van der Waals surface area contributed by atoms with Gasteiger partial charge in [0.25, 0.3) is 0 Å². The van der Waals surface area contributed by atoms with Crippen molar-refractivity contribution in [1.29, 1.82) is 0 Å². The highest BCUT2D eigenvalue weighted by Crippen LogP contribution is 2.36. The molecule has 0 aliphatic heterocycles. The minimum absolute atomic E-state index is 0.173. The fraction of sp³-hybridized carbons (Fsp3) is 0.727. The highest BCUT2D eigenvalue weighted by Gasteiger charge is 2.10. The molecule has 0 amide bonds. The van der Waals surface area contributed by atoms with E-state index in [1.165, 1.54) is 64.2 Å². The van der Waals surface area contributed by atoms with Crippen molar-refractivity contribution in [2.24, 2.45) is 0 Å². The molecule has 3 heteroatoms. The quantitative estimate of drug-likeness (QED) is 0.331. The molecule has 0 saturated carbocycles. The van der Waals surface area contributed by atoms with Gasteiger partial charge in [-0.3, -0.25) is 0 Å². The molecule has 0 heterocycles. The molecule has 0 aromatic heterocycles. The summed E-state index contributed by atoms with van der Waals surface area (Å²) in [6, 6.07) is 5.35. The summed E-state index contributed by atoms with van der Waals surface area (Å²) in [5, 5.41) is 10.1. The van der Waals surface area contributed by atoms with Crippen LogP contribution in [0.1, 0.15) is 90.9 Å². The Morgan fingerprint density at radius 3 is 1.80 bits per heavy atom. The van der Waals surface area contributed by atoms with E-state index in [2.05, 4.69) is 13.8 Å². The largest absolute Gasteiger partial charge is 0.504 e. The first-order chi connectivity index (χ1) is 12.3. The topological polar surface area (TPSA) is 38.7 Å². The summed E-state index contributed by atoms with van der Waals surface area (Å²) in [5.41, 5.74) is 0. The molecule has 0 aliphatic carbocycles. The monoisotopic (exact) mass is 350 g/mol. The number of hydrogen-bond acceptors (Lipinski definition) is 3. The zero-order valence-corrected chi connectivity index (χ0v) is 16.4. The van der Waals surface area contributed by atoms with Crippen molar-refractivity contribution in [1.82, 2.24) is 0 Å². The summed E-state index contributed by atoms with van der Waals surface area (Å²) in [6.07, 6.45) is 14.8. The molecule has 1 aromatic carbocycles. The van der Waals surface area contributed by atoms with Crippen LogP contribution in [-0.2, 0) is 0 Å². The van der Waals surface area contributed by atoms with E-state index in [-0.39, 0.29) is 5.75 Å². The summed E-state index contributed by atoms with van der Waals surface area (Å²) < 4.78 is 11.7. The van der Waals surface area contributed by atoms with Gasteiger partial charge >= 0.3 is 0 Å². The fourth-order valence-electron chi connectivity index (χ4n) is 2.88. The van der Waals surface area contributed by atoms with Crippen LogP contribution in [0.25, 0.3) is 0 Å². The first-order valence-corrected chi connectivity index (χ1v) is 10.4. The van der Waals surface area contributed by atoms with Crippen LogP contribution in [0.4, 0.5) is 0 Å². The first kappa shape index (κ1) is 21.7. The van der Waals surface area contributed by atoms with Crippen molar-refractivity contribution in [3.05, 3.63) is 18.2 Å². The van der Waals surface area contributed by atoms with Gasteiger partial charge in [0.2, 0.25) is 5.75 Å². The van der Waals surface area contributed by atoms with E-state index < -0.39 is 0 Å². The molecular formula is C22H38O3. The third-order valence-corrected chi connectivity index (χ3v) is 4.46. The van der Waals surface area contributed by atoms with Gasteiger partial charge in [0, 0.05) is 0 Å². The summed E-state index contributed by atoms with van der Waals surface area (Å²) in [5.74, 6) is 1.34. The molecule has 0 unspecified atom stereocenters. The molecule has 144 valence electrons. The number of phenolic OH excluding ortho intramolecular Hbond substituents is 1. The van der Waals surface area contributed by atoms with Crippen molar-refractivity contribution < 1.29 is 14.6 Å². The highest BCUT2D eigenvalue weighted by molar-refractivity contribution is 5.50. The zero-order valence-electron chi connectivity index (χ0n) is 16.4. The van der Waals surface area contributed by atoms with E-state index in [0.717, 1.165) is 12.8 Å². The number of rotatable bonds is 16. The smallest absolute Gasteiger partial charge is 0.203 e. The fourth-order valence-corrected chi connectivity index (χ4v) is 2.88. The Bertz CT molecular complexity index is 431. The van der Waals surface area contributed by atoms with Gasteiger partial charge < -0.3 is 14.6 Å². The van der Waals surface area contributed by atoms with Crippen LogP contribution in [0.2, 0.25) is 0 Å². The minimum atomic E-state index is 0.173. The van der Waals surface area contributed by atoms with Crippen LogP contribution in [-0.4, -0.2) is 18.3 Å². The van der Waals surface area contributed by atoms with E-state index in [0.29, 0.717) is 24.7 Å². The average molecular weight is 351 g/mol. The van der Waals surface area contributed by atoms with E-state index in [1.807, 2.05) is 12.1 Å². The van der Waals surface area contributed by atoms with Gasteiger partial charge in [0.05, 0.1) is 13.2 Å². The summed E-state index contributed by atoms with van der Waals surface area (Å²) in [7, 11) is 0. The second-order valence-electron chi connectivity index (χ2n) is 6.84. The molecule has 0 spiro atoms. The van der Waals surface area contributed by atoms with Crippen molar-refractivity contribution in [3.63, 3.8) is 0 Å². The van der Waals surface area contributed by atoms with Crippen molar-refractivity contribution in [3.8, 4) is 17.2 Å². The SMILES string of the molecule is CCCCCCCCOc1cccc(O)c1OCCCCCCCC. The van der Waals surface area contributed by atoms with Crippen molar-refractivity contribution in [2.75, 3.05) is 13.2 Å². The number of para-hydroxylation sites is 1. The minimum Gasteiger partial charge on any atom is -0.504 e. The van der Waals surface area contributed by atoms with E-state index >= 15 is 0 Å². The molecule has 0 aliphatic rings. The lowest BCUT2D eigenvalue weighted by atomic mass is 10.1. The summed E-state index contributed by atoms with van der Waals surface area (Å²) in [4.78, 5) is 0. The molecule has 0 radical (unpaired) electrons. The van der Waals surface area contributed by atoms with E-state index in [4.69, 9.17) is 9.47 Å². The Kier molecular flexibility index (Phi) is 12.9. The number of ether oxygens (including phenoxy) is 2. The molecule has 25 heavy (non-hydrogen) atoms. The van der Waals surface area contributed by atoms with Gasteiger partial charge in [-0.05, 0) is 25.0 Å². The third kappa shape index (κ3) is 10.3. The Morgan fingerprint density at radius 1 is 0.680 bits per heavy atom. The van der Waals surface area contributed by atoms with E-state index in [9.17, 15) is 5.11 Å². The van der Waals surface area contributed by atoms with Gasteiger partial charge in [-0.15, -0.1) is 0 Å². The molecule has 1 rings (SSSR count). The molecule has 3 nitrogen and oxygen atoms in total. The Labute approximate surface area is 154 Å². The third-order valence-electron chi connectivity index (χ3n) is 4.46. The molecule has 1 N–H and O–H groups in total. The lowest BCUT2D eigenvalue weighted by Gasteiger charge is -2.14. The molecule has 0 atom stereocenters. The Hall–Kier alpha value is -1.38. The van der Waals surface area contributed by atoms with Crippen LogP contribution in [0.5, 0.6) is 17.2 Å². The summed E-state index contributed by atoms with van der Waals surface area (Å²) >= 11 is 0. The molecular weight excluding hydrogens is 312 g/mol. The normalized spacial score (nSPS) is 10.8. The molecule has 0 fully saturated rings. The second-order valence-corrected chi connectivity index (χ2v) is 6.84. The average Bonchev–Trinajstić information content (AvgIpc) is 2.62. The predicted octanol–water partition coefficient (Wildman–Crippen LogP) is 6.87. The van der Waals surface area contributed by atoms with Crippen molar-refractivity contribution >= 4 is 0 Å². The zero-order chi connectivity index (χ0) is 18.2. The van der Waals surface area contributed by atoms with Crippen LogP contribution in [0, 0.1) is 0 Å². The lowest BCUT2D eigenvalue weighted by Crippen LogP contribution is -2.03. The van der Waals surface area contributed by atoms with Gasteiger partial charge in [0.1, 0.15) is 0 Å². The Balaban J connectivity index is 2.26. The second kappa shape index (κ2) is 14.9. The maximum atomic E-state index is 10.1. The Morgan fingerprint density at radius 2 is 1.20 bits per heavy atom. The summed E-state index contributed by atoms with van der Waals surface area (Å²) in [6.45, 7) is 5.78. The van der Waals surface area contributed by atoms with Crippen LogP contribution < -0.4 is 9.47 Å². The maximum absolute atomic E-state index is 10.1. The molecule has 0 saturated heterocycles. The number of phenols is 1. The molecule has 1 aromatic rings. The highest BCUT2D eigenvalue weighted by atomic mass is 16.5. The van der Waals surface area contributed by atoms with Gasteiger partial charge in [-0.25, -0.2) is 0 Å². The standard InChI is InChI=1S/C22H38O3/c1-3-5-7-9-11-13-18-24-21-17-15-16-20(23)22(21)25-19-14-12-10-8-6-4-2/h15-17,23H,3-14,18-19H2,1-2H3. The lowest BCUT2D eigenvalue weighted by molar-refractivity contribution is 0.249. The van der Waals surface area contributed by atoms with Gasteiger partial charge in [-0.1, -0.05) is 84.1 Å².